The van der Waals surface area contributed by atoms with Crippen molar-refractivity contribution in [1.82, 2.24) is 0 Å². The van der Waals surface area contributed by atoms with Crippen molar-refractivity contribution in [3.63, 3.8) is 0 Å². The molecule has 0 unspecified atom stereocenters. The number of hydrogen-bond donors (Lipinski definition) is 2. The molecule has 0 aromatic heterocycles. The highest BCUT2D eigenvalue weighted by Crippen LogP contribution is 1.98. The van der Waals surface area contributed by atoms with E-state index < -0.39 is 10.0 Å². The van der Waals surface area contributed by atoms with Gasteiger partial charge in [0.15, 0.2) is 0 Å². The van der Waals surface area contributed by atoms with E-state index in [-0.39, 0.29) is 12.4 Å². The topological polar surface area (TPSA) is 76.8 Å². The average molecular weight is 213 g/mol. The van der Waals surface area contributed by atoms with Crippen LogP contribution in [0.2, 0.25) is 0 Å². The third kappa shape index (κ3) is 4.71. The van der Waals surface area contributed by atoms with Crippen LogP contribution in [0.3, 0.4) is 0 Å². The molecule has 12 heavy (non-hydrogen) atoms. The summed E-state index contributed by atoms with van der Waals surface area (Å²) in [5, 5.41) is 7.98. The summed E-state index contributed by atoms with van der Waals surface area (Å²) in [5.74, 6) is 0. The van der Waals surface area contributed by atoms with Crippen LogP contribution < -0.4 is 22.9 Å². The molecule has 4 N–H and O–H groups in total. The first kappa shape index (κ1) is 11.9. The maximum Gasteiger partial charge on any atom is 0.231 e. The predicted octanol–water partition coefficient (Wildman–Crippen LogP) is -4.48. The molecule has 6 heteroatoms. The molecule has 72 valence electrons. The van der Waals surface area contributed by atoms with Gasteiger partial charge in [0.05, 0.1) is 6.54 Å². The second-order valence-electron chi connectivity index (χ2n) is 2.75. The third-order valence-corrected chi connectivity index (χ3v) is 2.26. The number of primary sulfonamides is 1. The summed E-state index contributed by atoms with van der Waals surface area (Å²) in [6.45, 7) is 1.08. The van der Waals surface area contributed by atoms with E-state index in [1.165, 1.54) is 0 Å². The fourth-order valence-electron chi connectivity index (χ4n) is 1.19. The van der Waals surface area contributed by atoms with E-state index in [1.54, 1.807) is 6.08 Å². The monoisotopic (exact) mass is 212 g/mol. The maximum absolute atomic E-state index is 10.5. The van der Waals surface area contributed by atoms with Crippen molar-refractivity contribution in [1.29, 1.82) is 0 Å². The zero-order valence-electron chi connectivity index (χ0n) is 6.61. The minimum absolute atomic E-state index is 0. The average Bonchev–Trinajstić information content (AvgIpc) is 2.32. The molecule has 0 spiro atoms. The van der Waals surface area contributed by atoms with Gasteiger partial charge in [0.1, 0.15) is 6.04 Å². The number of hydrogen-bond acceptors (Lipinski definition) is 2. The summed E-state index contributed by atoms with van der Waals surface area (Å²) < 4.78 is 20.9. The van der Waals surface area contributed by atoms with Gasteiger partial charge < -0.3 is 17.7 Å². The van der Waals surface area contributed by atoms with E-state index >= 15 is 0 Å². The van der Waals surface area contributed by atoms with E-state index in [4.69, 9.17) is 5.14 Å². The lowest BCUT2D eigenvalue weighted by Gasteiger charge is -1.96. The van der Waals surface area contributed by atoms with Gasteiger partial charge in [-0.25, -0.2) is 13.6 Å². The zero-order valence-corrected chi connectivity index (χ0v) is 8.18. The minimum atomic E-state index is -3.41. The second kappa shape index (κ2) is 4.81. The number of halogens is 1. The van der Waals surface area contributed by atoms with Crippen molar-refractivity contribution in [3.8, 4) is 0 Å². The van der Waals surface area contributed by atoms with Crippen LogP contribution in [0.15, 0.2) is 11.5 Å². The Bertz CT molecular complexity index is 244. The molecule has 1 aliphatic heterocycles. The van der Waals surface area contributed by atoms with Gasteiger partial charge >= 0.3 is 0 Å². The lowest BCUT2D eigenvalue weighted by Crippen LogP contribution is -3.00. The molecule has 1 rings (SSSR count). The Morgan fingerprint density at radius 3 is 2.58 bits per heavy atom. The number of nitrogens with two attached hydrogens (primary N) is 2. The summed E-state index contributed by atoms with van der Waals surface area (Å²) >= 11 is 0. The van der Waals surface area contributed by atoms with Crippen LogP contribution in [0.25, 0.3) is 0 Å². The van der Waals surface area contributed by atoms with Gasteiger partial charge in [-0.3, -0.25) is 0 Å². The highest BCUT2D eigenvalue weighted by atomic mass is 35.5. The highest BCUT2D eigenvalue weighted by Gasteiger charge is 2.14. The molecule has 0 saturated carbocycles. The maximum atomic E-state index is 10.5. The molecule has 0 aromatic rings. The SMILES string of the molecule is NS(=O)(=O)/C=C/[C@@H]1CCC[NH2+]1.[Cl-]. The Labute approximate surface area is 78.7 Å². The van der Waals surface area contributed by atoms with Crippen LogP contribution in [0.5, 0.6) is 0 Å². The van der Waals surface area contributed by atoms with E-state index in [9.17, 15) is 8.42 Å². The van der Waals surface area contributed by atoms with Gasteiger partial charge in [0.25, 0.3) is 0 Å². The van der Waals surface area contributed by atoms with Gasteiger partial charge in [-0.15, -0.1) is 0 Å². The molecule has 1 atom stereocenters. The van der Waals surface area contributed by atoms with Gasteiger partial charge in [0.2, 0.25) is 10.0 Å². The summed E-state index contributed by atoms with van der Waals surface area (Å²) in [6, 6.07) is 0.313. The fraction of sp³-hybridized carbons (Fsp3) is 0.667. The van der Waals surface area contributed by atoms with Crippen LogP contribution >= 0.6 is 0 Å². The molecule has 0 aliphatic carbocycles. The fourth-order valence-corrected chi connectivity index (χ4v) is 1.61. The van der Waals surface area contributed by atoms with E-state index in [0.717, 1.165) is 24.8 Å². The Hall–Kier alpha value is -0.100. The molecule has 0 amide bonds. The molecule has 1 heterocycles. The largest absolute Gasteiger partial charge is 1.00 e. The van der Waals surface area contributed by atoms with Gasteiger partial charge in [-0.05, 0) is 6.08 Å². The van der Waals surface area contributed by atoms with Crippen LogP contribution in [0.4, 0.5) is 0 Å². The first-order valence-electron chi connectivity index (χ1n) is 3.62. The summed E-state index contributed by atoms with van der Waals surface area (Å²) in [6.07, 6.45) is 3.86. The lowest BCUT2D eigenvalue weighted by molar-refractivity contribution is -0.659. The van der Waals surface area contributed by atoms with Crippen LogP contribution in [0.1, 0.15) is 12.8 Å². The van der Waals surface area contributed by atoms with E-state index in [0.29, 0.717) is 6.04 Å². The van der Waals surface area contributed by atoms with Crippen molar-refractivity contribution in [2.75, 3.05) is 6.54 Å². The summed E-state index contributed by atoms with van der Waals surface area (Å²) in [7, 11) is -3.41. The molecule has 0 aromatic carbocycles. The van der Waals surface area contributed by atoms with Crippen LogP contribution in [-0.4, -0.2) is 21.0 Å². The second-order valence-corrected chi connectivity index (χ2v) is 4.20. The third-order valence-electron chi connectivity index (χ3n) is 1.73. The van der Waals surface area contributed by atoms with Gasteiger partial charge in [0, 0.05) is 18.2 Å². The summed E-state index contributed by atoms with van der Waals surface area (Å²) in [4.78, 5) is 0. The molecular formula is C6H13ClN2O2S. The van der Waals surface area contributed by atoms with Gasteiger partial charge in [-0.2, -0.15) is 0 Å². The van der Waals surface area contributed by atoms with Crippen molar-refractivity contribution in [2.45, 2.75) is 18.9 Å². The normalized spacial score (nSPS) is 24.2. The highest BCUT2D eigenvalue weighted by molar-refractivity contribution is 7.92. The number of sulfonamides is 1. The number of rotatable bonds is 2. The molecule has 1 saturated heterocycles. The van der Waals surface area contributed by atoms with Crippen molar-refractivity contribution in [3.05, 3.63) is 11.5 Å². The molecule has 1 aliphatic rings. The van der Waals surface area contributed by atoms with Crippen molar-refractivity contribution < 1.29 is 26.1 Å². The number of quaternary nitrogens is 1. The molecular weight excluding hydrogens is 200 g/mol. The first-order valence-corrected chi connectivity index (χ1v) is 5.23. The smallest absolute Gasteiger partial charge is 0.231 e. The van der Waals surface area contributed by atoms with Crippen LogP contribution in [0, 0.1) is 0 Å². The Kier molecular flexibility index (Phi) is 4.77. The van der Waals surface area contributed by atoms with Crippen LogP contribution in [-0.2, 0) is 10.0 Å². The van der Waals surface area contributed by atoms with E-state index in [1.807, 2.05) is 0 Å². The molecule has 1 fully saturated rings. The minimum Gasteiger partial charge on any atom is -1.00 e. The Morgan fingerprint density at radius 1 is 1.50 bits per heavy atom. The lowest BCUT2D eigenvalue weighted by atomic mass is 10.2. The van der Waals surface area contributed by atoms with Crippen molar-refractivity contribution >= 4 is 10.0 Å². The molecule has 0 radical (unpaired) electrons. The zero-order chi connectivity index (χ0) is 8.32. The Morgan fingerprint density at radius 2 is 2.17 bits per heavy atom. The Balaban J connectivity index is 0.00000121. The first-order chi connectivity index (χ1) is 5.08. The van der Waals surface area contributed by atoms with Gasteiger partial charge in [-0.1, -0.05) is 0 Å². The van der Waals surface area contributed by atoms with E-state index in [2.05, 4.69) is 5.32 Å². The molecule has 4 nitrogen and oxygen atoms in total. The van der Waals surface area contributed by atoms with Crippen molar-refractivity contribution in [2.24, 2.45) is 5.14 Å². The predicted molar refractivity (Wildman–Crippen MR) is 42.1 cm³/mol. The molecule has 0 bridgehead atoms. The quantitative estimate of drug-likeness (QED) is 0.484. The summed E-state index contributed by atoms with van der Waals surface area (Å²) in [5.41, 5.74) is 0. The standard InChI is InChI=1S/C6H12N2O2S.ClH/c7-11(9,10)5-3-6-2-1-4-8-6;/h3,5-6,8H,1-2,4H2,(H2,7,9,10);1H/b5-3+;/t6-;/m0./s1.